The lowest BCUT2D eigenvalue weighted by Crippen LogP contribution is -2.23. The highest BCUT2D eigenvalue weighted by atomic mass is 16.5. The van der Waals surface area contributed by atoms with Gasteiger partial charge in [-0.05, 0) is 6.42 Å². The fourth-order valence-corrected chi connectivity index (χ4v) is 1.52. The van der Waals surface area contributed by atoms with E-state index in [4.69, 9.17) is 0 Å². The van der Waals surface area contributed by atoms with Crippen molar-refractivity contribution in [3.63, 3.8) is 0 Å². The second-order valence-electron chi connectivity index (χ2n) is 3.89. The first-order valence-corrected chi connectivity index (χ1v) is 6.13. The minimum Gasteiger partial charge on any atom is -0.453 e. The molecule has 1 N–H and O–H groups in total. The Bertz CT molecular complexity index is 149. The van der Waals surface area contributed by atoms with Crippen LogP contribution in [0.25, 0.3) is 0 Å². The van der Waals surface area contributed by atoms with Gasteiger partial charge in [-0.2, -0.15) is 0 Å². The molecule has 0 spiro atoms. The molecule has 0 aliphatic heterocycles. The summed E-state index contributed by atoms with van der Waals surface area (Å²) in [6, 6.07) is 0. The van der Waals surface area contributed by atoms with Crippen LogP contribution in [-0.4, -0.2) is 19.7 Å². The summed E-state index contributed by atoms with van der Waals surface area (Å²) >= 11 is 0. The number of carbonyl (C=O) groups excluding carboxylic acids is 1. The number of methoxy groups -OCH3 is 1. The molecule has 0 fully saturated rings. The third-order valence-electron chi connectivity index (χ3n) is 2.49. The summed E-state index contributed by atoms with van der Waals surface area (Å²) in [6.45, 7) is 2.97. The van der Waals surface area contributed by atoms with E-state index in [1.165, 1.54) is 52.1 Å². The smallest absolute Gasteiger partial charge is 0.406 e. The van der Waals surface area contributed by atoms with Crippen molar-refractivity contribution in [1.82, 2.24) is 5.32 Å². The normalized spacial score (nSPS) is 10.0. The zero-order valence-corrected chi connectivity index (χ0v) is 10.2. The summed E-state index contributed by atoms with van der Waals surface area (Å²) in [4.78, 5) is 10.7. The molecule has 0 aromatic rings. The van der Waals surface area contributed by atoms with Crippen LogP contribution < -0.4 is 5.32 Å². The maximum Gasteiger partial charge on any atom is 0.406 e. The van der Waals surface area contributed by atoms with Crippen LogP contribution in [0.3, 0.4) is 0 Å². The van der Waals surface area contributed by atoms with Gasteiger partial charge in [-0.25, -0.2) is 4.79 Å². The summed E-state index contributed by atoms with van der Waals surface area (Å²) < 4.78 is 4.47. The van der Waals surface area contributed by atoms with E-state index in [0.717, 1.165) is 13.0 Å². The van der Waals surface area contributed by atoms with Gasteiger partial charge < -0.3 is 10.1 Å². The van der Waals surface area contributed by atoms with Crippen molar-refractivity contribution in [2.45, 2.75) is 58.3 Å². The third kappa shape index (κ3) is 11.2. The van der Waals surface area contributed by atoms with Crippen molar-refractivity contribution in [3.8, 4) is 0 Å². The Kier molecular flexibility index (Phi) is 10.8. The predicted molar refractivity (Wildman–Crippen MR) is 63.0 cm³/mol. The van der Waals surface area contributed by atoms with E-state index >= 15 is 0 Å². The number of hydrogen-bond acceptors (Lipinski definition) is 2. The first-order valence-electron chi connectivity index (χ1n) is 6.13. The molecule has 1 amide bonds. The molecule has 3 nitrogen and oxygen atoms in total. The van der Waals surface area contributed by atoms with E-state index in [1.807, 2.05) is 0 Å². The Hall–Kier alpha value is -0.730. The Labute approximate surface area is 93.6 Å². The molecule has 0 aliphatic carbocycles. The second kappa shape index (κ2) is 11.3. The average Bonchev–Trinajstić information content (AvgIpc) is 2.26. The van der Waals surface area contributed by atoms with Crippen molar-refractivity contribution in [2.24, 2.45) is 0 Å². The lowest BCUT2D eigenvalue weighted by molar-refractivity contribution is 0.171. The Morgan fingerprint density at radius 1 is 1.00 bits per heavy atom. The number of alkyl carbamates (subject to hydrolysis) is 1. The van der Waals surface area contributed by atoms with E-state index in [0.29, 0.717) is 0 Å². The van der Waals surface area contributed by atoms with E-state index in [2.05, 4.69) is 17.0 Å². The molecule has 0 rings (SSSR count). The monoisotopic (exact) mass is 215 g/mol. The van der Waals surface area contributed by atoms with Gasteiger partial charge in [-0.1, -0.05) is 51.9 Å². The molecule has 0 saturated carbocycles. The number of unbranched alkanes of at least 4 members (excludes halogenated alkanes) is 7. The Balaban J connectivity index is 2.95. The molecule has 0 unspecified atom stereocenters. The fraction of sp³-hybridized carbons (Fsp3) is 0.917. The van der Waals surface area contributed by atoms with Crippen LogP contribution in [-0.2, 0) is 4.74 Å². The summed E-state index contributed by atoms with van der Waals surface area (Å²) in [5, 5.41) is 2.68. The highest BCUT2D eigenvalue weighted by Gasteiger charge is 1.96. The Morgan fingerprint density at radius 3 is 2.07 bits per heavy atom. The second-order valence-corrected chi connectivity index (χ2v) is 3.89. The third-order valence-corrected chi connectivity index (χ3v) is 2.49. The van der Waals surface area contributed by atoms with Gasteiger partial charge >= 0.3 is 6.09 Å². The molecule has 0 heterocycles. The zero-order chi connectivity index (χ0) is 11.4. The first kappa shape index (κ1) is 14.3. The highest BCUT2D eigenvalue weighted by molar-refractivity contribution is 5.66. The molecule has 3 heteroatoms. The summed E-state index contributed by atoms with van der Waals surface area (Å²) in [6.07, 6.45) is 9.96. The fourth-order valence-electron chi connectivity index (χ4n) is 1.52. The van der Waals surface area contributed by atoms with Crippen molar-refractivity contribution in [2.75, 3.05) is 13.7 Å². The molecular weight excluding hydrogens is 190 g/mol. The van der Waals surface area contributed by atoms with E-state index in [1.54, 1.807) is 0 Å². The maximum atomic E-state index is 10.7. The maximum absolute atomic E-state index is 10.7. The molecule has 0 bridgehead atoms. The molecule has 0 atom stereocenters. The minimum absolute atomic E-state index is 0.321. The summed E-state index contributed by atoms with van der Waals surface area (Å²) in [5.41, 5.74) is 0. The molecular formula is C12H25NO2. The number of carbonyl (C=O) groups is 1. The van der Waals surface area contributed by atoms with Crippen LogP contribution in [0.2, 0.25) is 0 Å². The standard InChI is InChI=1S/C12H25NO2/c1-3-4-5-6-7-8-9-10-11-13-12(14)15-2/h3-11H2,1-2H3,(H,13,14). The zero-order valence-electron chi connectivity index (χ0n) is 10.2. The summed E-state index contributed by atoms with van der Waals surface area (Å²) in [5.74, 6) is 0. The first-order chi connectivity index (χ1) is 7.31. The lowest BCUT2D eigenvalue weighted by Gasteiger charge is -2.03. The molecule has 0 aromatic carbocycles. The van der Waals surface area contributed by atoms with Gasteiger partial charge in [0.2, 0.25) is 0 Å². The van der Waals surface area contributed by atoms with Crippen LogP contribution in [0.4, 0.5) is 4.79 Å². The van der Waals surface area contributed by atoms with Crippen molar-refractivity contribution >= 4 is 6.09 Å². The van der Waals surface area contributed by atoms with Crippen molar-refractivity contribution in [1.29, 1.82) is 0 Å². The molecule has 0 radical (unpaired) electrons. The Morgan fingerprint density at radius 2 is 1.53 bits per heavy atom. The van der Waals surface area contributed by atoms with Gasteiger partial charge in [0.05, 0.1) is 7.11 Å². The van der Waals surface area contributed by atoms with Crippen LogP contribution in [0.15, 0.2) is 0 Å². The quantitative estimate of drug-likeness (QED) is 0.598. The number of ether oxygens (including phenoxy) is 1. The van der Waals surface area contributed by atoms with Gasteiger partial charge in [-0.3, -0.25) is 0 Å². The summed E-state index contributed by atoms with van der Waals surface area (Å²) in [7, 11) is 1.39. The number of nitrogens with one attached hydrogen (secondary N) is 1. The van der Waals surface area contributed by atoms with E-state index < -0.39 is 0 Å². The largest absolute Gasteiger partial charge is 0.453 e. The van der Waals surface area contributed by atoms with Crippen molar-refractivity contribution < 1.29 is 9.53 Å². The molecule has 15 heavy (non-hydrogen) atoms. The lowest BCUT2D eigenvalue weighted by atomic mass is 10.1. The highest BCUT2D eigenvalue weighted by Crippen LogP contribution is 2.07. The predicted octanol–water partition coefficient (Wildman–Crippen LogP) is 3.48. The number of hydrogen-bond donors (Lipinski definition) is 1. The minimum atomic E-state index is -0.321. The SMILES string of the molecule is CCCCCCCCCCNC(=O)OC. The van der Waals surface area contributed by atoms with Crippen LogP contribution in [0, 0.1) is 0 Å². The topological polar surface area (TPSA) is 38.3 Å². The van der Waals surface area contributed by atoms with Gasteiger partial charge in [0.15, 0.2) is 0 Å². The van der Waals surface area contributed by atoms with E-state index in [-0.39, 0.29) is 6.09 Å². The molecule has 90 valence electrons. The van der Waals surface area contributed by atoms with Crippen molar-refractivity contribution in [3.05, 3.63) is 0 Å². The van der Waals surface area contributed by atoms with Gasteiger partial charge in [0, 0.05) is 6.54 Å². The van der Waals surface area contributed by atoms with Crippen LogP contribution in [0.1, 0.15) is 58.3 Å². The molecule has 0 saturated heterocycles. The van der Waals surface area contributed by atoms with Gasteiger partial charge in [-0.15, -0.1) is 0 Å². The van der Waals surface area contributed by atoms with Crippen LogP contribution in [0.5, 0.6) is 0 Å². The number of amides is 1. The van der Waals surface area contributed by atoms with E-state index in [9.17, 15) is 4.79 Å². The van der Waals surface area contributed by atoms with Gasteiger partial charge in [0.1, 0.15) is 0 Å². The van der Waals surface area contributed by atoms with Crippen LogP contribution >= 0.6 is 0 Å². The number of rotatable bonds is 9. The molecule has 0 aliphatic rings. The molecule has 0 aromatic heterocycles. The average molecular weight is 215 g/mol. The van der Waals surface area contributed by atoms with Gasteiger partial charge in [0.25, 0.3) is 0 Å².